The molecule has 1 aliphatic rings. The van der Waals surface area contributed by atoms with Crippen molar-refractivity contribution in [1.29, 1.82) is 0 Å². The zero-order valence-corrected chi connectivity index (χ0v) is 9.71. The van der Waals surface area contributed by atoms with Crippen molar-refractivity contribution < 1.29 is 5.48 Å². The fraction of sp³-hybridized carbons (Fsp3) is 0.900. The summed E-state index contributed by atoms with van der Waals surface area (Å²) in [4.78, 5) is 0. The van der Waals surface area contributed by atoms with Crippen molar-refractivity contribution in [3.63, 3.8) is 0 Å². The molecule has 0 atom stereocenters. The third-order valence-electron chi connectivity index (χ3n) is 1.88. The van der Waals surface area contributed by atoms with E-state index in [2.05, 4.69) is 25.2 Å². The van der Waals surface area contributed by atoms with Gasteiger partial charge in [0, 0.05) is 10.5 Å². The minimum Gasteiger partial charge on any atom is -0.412 e. The average molecular weight is 203 g/mol. The van der Waals surface area contributed by atoms with E-state index in [1.807, 2.05) is 0 Å². The highest BCUT2D eigenvalue weighted by Gasteiger charge is 2.12. The molecular weight excluding hydrogens is 182 g/mol. The zero-order valence-electron chi connectivity index (χ0n) is 8.89. The first kappa shape index (κ1) is 13.0. The molecule has 1 fully saturated rings. The largest absolute Gasteiger partial charge is 0.412 e. The van der Waals surface area contributed by atoms with Crippen molar-refractivity contribution in [1.82, 2.24) is 0 Å². The molecule has 0 spiro atoms. The summed E-state index contributed by atoms with van der Waals surface area (Å²) >= 11 is 1.73. The van der Waals surface area contributed by atoms with Crippen LogP contribution in [0.1, 0.15) is 52.9 Å². The summed E-state index contributed by atoms with van der Waals surface area (Å²) in [6.07, 6.45) is 6.58. The molecule has 0 amide bonds. The SMILES string of the molecule is CC(C)(C)SN=C1CCCCC1.O. The van der Waals surface area contributed by atoms with Gasteiger partial charge in [-0.05, 0) is 58.4 Å². The van der Waals surface area contributed by atoms with E-state index < -0.39 is 0 Å². The van der Waals surface area contributed by atoms with Crippen LogP contribution < -0.4 is 0 Å². The molecule has 1 aliphatic carbocycles. The molecule has 0 bridgehead atoms. The number of nitrogens with zero attached hydrogens (tertiary/aromatic N) is 1. The topological polar surface area (TPSA) is 43.9 Å². The molecule has 2 N–H and O–H groups in total. The van der Waals surface area contributed by atoms with Gasteiger partial charge in [-0.15, -0.1) is 0 Å². The van der Waals surface area contributed by atoms with Gasteiger partial charge in [-0.25, -0.2) is 4.40 Å². The predicted octanol–water partition coefficient (Wildman–Crippen LogP) is 3.01. The van der Waals surface area contributed by atoms with Gasteiger partial charge < -0.3 is 5.48 Å². The second-order valence-electron chi connectivity index (χ2n) is 4.42. The van der Waals surface area contributed by atoms with Crippen LogP contribution >= 0.6 is 11.9 Å². The highest BCUT2D eigenvalue weighted by molar-refractivity contribution is 7.99. The fourth-order valence-electron chi connectivity index (χ4n) is 1.25. The average Bonchev–Trinajstić information content (AvgIpc) is 2.02. The van der Waals surface area contributed by atoms with Gasteiger partial charge >= 0.3 is 0 Å². The molecule has 0 aromatic rings. The summed E-state index contributed by atoms with van der Waals surface area (Å²) < 4.78 is 4.87. The third kappa shape index (κ3) is 6.11. The Morgan fingerprint density at radius 1 is 1.08 bits per heavy atom. The van der Waals surface area contributed by atoms with E-state index in [1.165, 1.54) is 37.8 Å². The maximum Gasteiger partial charge on any atom is 0.0294 e. The molecule has 0 unspecified atom stereocenters. The van der Waals surface area contributed by atoms with Crippen molar-refractivity contribution in [2.24, 2.45) is 4.40 Å². The Hall–Kier alpha value is -0.0200. The van der Waals surface area contributed by atoms with Crippen molar-refractivity contribution in [2.45, 2.75) is 57.6 Å². The summed E-state index contributed by atoms with van der Waals surface area (Å²) in [5.74, 6) is 0. The summed E-state index contributed by atoms with van der Waals surface area (Å²) in [5.41, 5.74) is 1.43. The van der Waals surface area contributed by atoms with E-state index in [4.69, 9.17) is 0 Å². The lowest BCUT2D eigenvalue weighted by molar-refractivity contribution is 0.668. The first-order valence-corrected chi connectivity index (χ1v) is 5.59. The minimum atomic E-state index is 0. The van der Waals surface area contributed by atoms with Crippen molar-refractivity contribution in [3.8, 4) is 0 Å². The molecule has 0 heterocycles. The maximum absolute atomic E-state index is 4.59. The Bertz CT molecular complexity index is 164. The number of hydrogen-bond acceptors (Lipinski definition) is 2. The molecule has 0 radical (unpaired) electrons. The maximum atomic E-state index is 4.59. The molecule has 0 aliphatic heterocycles. The summed E-state index contributed by atoms with van der Waals surface area (Å²) in [7, 11) is 0. The Morgan fingerprint density at radius 3 is 2.08 bits per heavy atom. The van der Waals surface area contributed by atoms with Gasteiger partial charge in [-0.3, -0.25) is 0 Å². The van der Waals surface area contributed by atoms with Crippen LogP contribution in [0.15, 0.2) is 4.40 Å². The highest BCUT2D eigenvalue weighted by Crippen LogP contribution is 2.26. The molecule has 2 nitrogen and oxygen atoms in total. The molecule has 0 aromatic carbocycles. The van der Waals surface area contributed by atoms with Crippen LogP contribution in [0.4, 0.5) is 0 Å². The summed E-state index contributed by atoms with van der Waals surface area (Å²) in [6, 6.07) is 0. The Morgan fingerprint density at radius 2 is 1.62 bits per heavy atom. The summed E-state index contributed by atoms with van der Waals surface area (Å²) in [5, 5.41) is 0. The van der Waals surface area contributed by atoms with E-state index >= 15 is 0 Å². The Kier molecular flexibility index (Phi) is 5.65. The quantitative estimate of drug-likeness (QED) is 0.604. The lowest BCUT2D eigenvalue weighted by Gasteiger charge is -2.16. The molecule has 0 aromatic heterocycles. The van der Waals surface area contributed by atoms with Gasteiger partial charge in [0.25, 0.3) is 0 Å². The van der Waals surface area contributed by atoms with Crippen LogP contribution in [0, 0.1) is 0 Å². The van der Waals surface area contributed by atoms with Gasteiger partial charge in [0.05, 0.1) is 0 Å². The molecular formula is C10H21NOS. The van der Waals surface area contributed by atoms with Crippen LogP contribution in [0.25, 0.3) is 0 Å². The van der Waals surface area contributed by atoms with Crippen LogP contribution in [0.5, 0.6) is 0 Å². The van der Waals surface area contributed by atoms with Gasteiger partial charge in [0.15, 0.2) is 0 Å². The fourth-order valence-corrected chi connectivity index (χ4v) is 1.84. The third-order valence-corrected chi connectivity index (χ3v) is 2.78. The first-order valence-electron chi connectivity index (χ1n) is 4.82. The highest BCUT2D eigenvalue weighted by atomic mass is 32.2. The van der Waals surface area contributed by atoms with Gasteiger partial charge in [0.1, 0.15) is 0 Å². The van der Waals surface area contributed by atoms with Crippen LogP contribution in [-0.4, -0.2) is 15.9 Å². The predicted molar refractivity (Wildman–Crippen MR) is 61.5 cm³/mol. The van der Waals surface area contributed by atoms with E-state index in [1.54, 1.807) is 11.9 Å². The van der Waals surface area contributed by atoms with Gasteiger partial charge in [-0.2, -0.15) is 0 Å². The van der Waals surface area contributed by atoms with Crippen LogP contribution in [0.3, 0.4) is 0 Å². The molecule has 0 saturated heterocycles. The lowest BCUT2D eigenvalue weighted by atomic mass is 9.99. The standard InChI is InChI=1S/C10H19NS.H2O/c1-10(2,3)12-11-9-7-5-4-6-8-9;/h4-8H2,1-3H3;1H2. The van der Waals surface area contributed by atoms with E-state index in [9.17, 15) is 0 Å². The van der Waals surface area contributed by atoms with E-state index in [0.717, 1.165) is 0 Å². The molecule has 3 heteroatoms. The monoisotopic (exact) mass is 203 g/mol. The van der Waals surface area contributed by atoms with Crippen molar-refractivity contribution >= 4 is 17.7 Å². The molecule has 13 heavy (non-hydrogen) atoms. The second kappa shape index (κ2) is 5.66. The Labute approximate surface area is 85.7 Å². The van der Waals surface area contributed by atoms with Crippen LogP contribution in [0.2, 0.25) is 0 Å². The molecule has 1 rings (SSSR count). The first-order chi connectivity index (χ1) is 5.58. The number of hydrogen-bond donors (Lipinski definition) is 0. The smallest absolute Gasteiger partial charge is 0.0294 e. The van der Waals surface area contributed by atoms with Crippen molar-refractivity contribution in [2.75, 3.05) is 0 Å². The molecule has 78 valence electrons. The number of rotatable bonds is 1. The van der Waals surface area contributed by atoms with Gasteiger partial charge in [-0.1, -0.05) is 6.42 Å². The Balaban J connectivity index is 0.00000144. The zero-order chi connectivity index (χ0) is 9.03. The van der Waals surface area contributed by atoms with Crippen molar-refractivity contribution in [3.05, 3.63) is 0 Å². The summed E-state index contributed by atoms with van der Waals surface area (Å²) in [6.45, 7) is 6.64. The lowest BCUT2D eigenvalue weighted by Crippen LogP contribution is -2.08. The van der Waals surface area contributed by atoms with E-state index in [-0.39, 0.29) is 10.2 Å². The van der Waals surface area contributed by atoms with Crippen LogP contribution in [-0.2, 0) is 0 Å². The van der Waals surface area contributed by atoms with E-state index in [0.29, 0.717) is 0 Å². The van der Waals surface area contributed by atoms with Gasteiger partial charge in [0.2, 0.25) is 0 Å². The normalized spacial score (nSPS) is 17.9. The second-order valence-corrected chi connectivity index (χ2v) is 6.01. The molecule has 1 saturated carbocycles. The minimum absolute atomic E-state index is 0.